The zero-order valence-electron chi connectivity index (χ0n) is 8.65. The molecule has 0 radical (unpaired) electrons. The van der Waals surface area contributed by atoms with Gasteiger partial charge in [-0.25, -0.2) is 0 Å². The summed E-state index contributed by atoms with van der Waals surface area (Å²) in [4.78, 5) is 0. The van der Waals surface area contributed by atoms with Gasteiger partial charge < -0.3 is 4.74 Å². The first-order valence-electron chi connectivity index (χ1n) is 4.81. The monoisotopic (exact) mass is 351 g/mol. The first-order valence-corrected chi connectivity index (χ1v) is 6.40. The summed E-state index contributed by atoms with van der Waals surface area (Å²) in [6.45, 7) is 0. The van der Waals surface area contributed by atoms with Crippen LogP contribution in [0, 0.1) is 11.3 Å². The summed E-state index contributed by atoms with van der Waals surface area (Å²) >= 11 is 6.72. The third-order valence-electron chi connectivity index (χ3n) is 2.03. The molecular weight excluding hydrogens is 346 g/mol. The van der Waals surface area contributed by atoms with E-state index in [1.54, 1.807) is 12.1 Å². The van der Waals surface area contributed by atoms with Crippen molar-refractivity contribution in [2.45, 2.75) is 0 Å². The van der Waals surface area contributed by atoms with Crippen LogP contribution in [0.15, 0.2) is 51.4 Å². The number of rotatable bonds is 2. The van der Waals surface area contributed by atoms with Gasteiger partial charge >= 0.3 is 0 Å². The molecule has 0 saturated heterocycles. The minimum atomic E-state index is 0.560. The molecule has 0 heterocycles. The Morgan fingerprint density at radius 2 is 1.71 bits per heavy atom. The van der Waals surface area contributed by atoms with E-state index < -0.39 is 0 Å². The molecule has 0 amide bonds. The van der Waals surface area contributed by atoms with Crippen molar-refractivity contribution in [1.29, 1.82) is 5.26 Å². The molecule has 0 saturated carbocycles. The van der Waals surface area contributed by atoms with E-state index in [1.165, 1.54) is 0 Å². The Balaban J connectivity index is 2.30. The second kappa shape index (κ2) is 5.35. The molecule has 0 aromatic heterocycles. The molecule has 0 atom stereocenters. The van der Waals surface area contributed by atoms with E-state index in [1.807, 2.05) is 30.3 Å². The molecule has 0 fully saturated rings. The molecule has 0 bridgehead atoms. The van der Waals surface area contributed by atoms with E-state index in [4.69, 9.17) is 10.00 Å². The van der Waals surface area contributed by atoms with Crippen molar-refractivity contribution in [2.75, 3.05) is 0 Å². The van der Waals surface area contributed by atoms with Gasteiger partial charge in [-0.1, -0.05) is 37.9 Å². The van der Waals surface area contributed by atoms with Gasteiger partial charge in [-0.3, -0.25) is 0 Å². The fraction of sp³-hybridized carbons (Fsp3) is 0. The second-order valence-electron chi connectivity index (χ2n) is 3.35. The van der Waals surface area contributed by atoms with Crippen LogP contribution in [0.2, 0.25) is 0 Å². The lowest BCUT2D eigenvalue weighted by atomic mass is 10.2. The number of nitrogens with zero attached hydrogens (tertiary/aromatic N) is 1. The Labute approximate surface area is 116 Å². The lowest BCUT2D eigenvalue weighted by Crippen LogP contribution is -1.85. The highest BCUT2D eigenvalue weighted by Crippen LogP contribution is 2.27. The van der Waals surface area contributed by atoms with Crippen molar-refractivity contribution >= 4 is 31.9 Å². The molecule has 4 heteroatoms. The number of ether oxygens (including phenoxy) is 1. The van der Waals surface area contributed by atoms with E-state index in [9.17, 15) is 0 Å². The highest BCUT2D eigenvalue weighted by Gasteiger charge is 2.02. The first kappa shape index (κ1) is 12.2. The lowest BCUT2D eigenvalue weighted by Gasteiger charge is -2.06. The highest BCUT2D eigenvalue weighted by molar-refractivity contribution is 9.10. The van der Waals surface area contributed by atoms with Crippen LogP contribution in [-0.4, -0.2) is 0 Å². The van der Waals surface area contributed by atoms with E-state index in [2.05, 4.69) is 37.9 Å². The molecule has 0 aliphatic heterocycles. The summed E-state index contributed by atoms with van der Waals surface area (Å²) in [7, 11) is 0. The van der Waals surface area contributed by atoms with Gasteiger partial charge in [0, 0.05) is 8.95 Å². The van der Waals surface area contributed by atoms with Crippen LogP contribution in [0.4, 0.5) is 0 Å². The SMILES string of the molecule is N#Cc1cc(Br)cc(Oc2cccc(Br)c2)c1. The molecule has 0 aliphatic rings. The molecule has 0 unspecified atom stereocenters. The van der Waals surface area contributed by atoms with Gasteiger partial charge in [0.05, 0.1) is 11.6 Å². The predicted octanol–water partition coefficient (Wildman–Crippen LogP) is 4.88. The van der Waals surface area contributed by atoms with Gasteiger partial charge in [0.2, 0.25) is 0 Å². The number of hydrogen-bond donors (Lipinski definition) is 0. The summed E-state index contributed by atoms with van der Waals surface area (Å²) < 4.78 is 7.44. The fourth-order valence-electron chi connectivity index (χ4n) is 1.35. The van der Waals surface area contributed by atoms with Gasteiger partial charge in [0.25, 0.3) is 0 Å². The zero-order chi connectivity index (χ0) is 12.3. The highest BCUT2D eigenvalue weighted by atomic mass is 79.9. The Hall–Kier alpha value is -1.31. The van der Waals surface area contributed by atoms with Crippen molar-refractivity contribution in [3.8, 4) is 17.6 Å². The molecule has 0 N–H and O–H groups in total. The van der Waals surface area contributed by atoms with Crippen LogP contribution in [0.5, 0.6) is 11.5 Å². The topological polar surface area (TPSA) is 33.0 Å². The zero-order valence-corrected chi connectivity index (χ0v) is 11.8. The maximum absolute atomic E-state index is 8.86. The van der Waals surface area contributed by atoms with Crippen molar-refractivity contribution in [3.05, 3.63) is 57.0 Å². The van der Waals surface area contributed by atoms with Crippen molar-refractivity contribution in [3.63, 3.8) is 0 Å². The standard InChI is InChI=1S/C13H7Br2NO/c14-10-2-1-3-12(6-10)17-13-5-9(8-16)4-11(15)7-13/h1-7H. The molecule has 2 aromatic rings. The largest absolute Gasteiger partial charge is 0.457 e. The summed E-state index contributed by atoms with van der Waals surface area (Å²) in [5.74, 6) is 1.36. The molecule has 2 nitrogen and oxygen atoms in total. The van der Waals surface area contributed by atoms with Gasteiger partial charge in [-0.15, -0.1) is 0 Å². The summed E-state index contributed by atoms with van der Waals surface area (Å²) in [6, 6.07) is 14.9. The maximum Gasteiger partial charge on any atom is 0.129 e. The Bertz CT molecular complexity index is 590. The third-order valence-corrected chi connectivity index (χ3v) is 2.98. The number of hydrogen-bond acceptors (Lipinski definition) is 2. The Morgan fingerprint density at radius 1 is 0.941 bits per heavy atom. The fourth-order valence-corrected chi connectivity index (χ4v) is 2.20. The molecule has 0 aliphatic carbocycles. The first-order chi connectivity index (χ1) is 8.17. The summed E-state index contributed by atoms with van der Waals surface area (Å²) in [5.41, 5.74) is 0.560. The van der Waals surface area contributed by atoms with Gasteiger partial charge in [0.1, 0.15) is 11.5 Å². The van der Waals surface area contributed by atoms with Gasteiger partial charge in [-0.05, 0) is 36.4 Å². The summed E-state index contributed by atoms with van der Waals surface area (Å²) in [6.07, 6.45) is 0. The van der Waals surface area contributed by atoms with Crippen LogP contribution in [-0.2, 0) is 0 Å². The number of nitriles is 1. The van der Waals surface area contributed by atoms with E-state index in [0.29, 0.717) is 11.3 Å². The molecule has 84 valence electrons. The van der Waals surface area contributed by atoms with Crippen LogP contribution in [0.3, 0.4) is 0 Å². The molecule has 2 rings (SSSR count). The van der Waals surface area contributed by atoms with E-state index in [0.717, 1.165) is 14.7 Å². The smallest absolute Gasteiger partial charge is 0.129 e. The van der Waals surface area contributed by atoms with E-state index >= 15 is 0 Å². The van der Waals surface area contributed by atoms with Crippen molar-refractivity contribution < 1.29 is 4.74 Å². The Kier molecular flexibility index (Phi) is 3.82. The quantitative estimate of drug-likeness (QED) is 0.771. The van der Waals surface area contributed by atoms with Gasteiger partial charge in [0.15, 0.2) is 0 Å². The average molecular weight is 353 g/mol. The molecule has 2 aromatic carbocycles. The predicted molar refractivity (Wildman–Crippen MR) is 73.1 cm³/mol. The van der Waals surface area contributed by atoms with Crippen LogP contribution in [0.25, 0.3) is 0 Å². The normalized spacial score (nSPS) is 9.71. The number of halogens is 2. The maximum atomic E-state index is 8.86. The second-order valence-corrected chi connectivity index (χ2v) is 5.18. The molecular formula is C13H7Br2NO. The third kappa shape index (κ3) is 3.32. The minimum Gasteiger partial charge on any atom is -0.457 e. The molecule has 0 spiro atoms. The van der Waals surface area contributed by atoms with Gasteiger partial charge in [-0.2, -0.15) is 5.26 Å². The van der Waals surface area contributed by atoms with E-state index in [-0.39, 0.29) is 0 Å². The minimum absolute atomic E-state index is 0.560. The average Bonchev–Trinajstić information content (AvgIpc) is 2.28. The van der Waals surface area contributed by atoms with Crippen molar-refractivity contribution in [1.82, 2.24) is 0 Å². The van der Waals surface area contributed by atoms with Crippen molar-refractivity contribution in [2.24, 2.45) is 0 Å². The molecule has 17 heavy (non-hydrogen) atoms. The van der Waals surface area contributed by atoms with Crippen LogP contribution in [0.1, 0.15) is 5.56 Å². The Morgan fingerprint density at radius 3 is 2.41 bits per heavy atom. The van der Waals surface area contributed by atoms with Crippen LogP contribution < -0.4 is 4.74 Å². The number of benzene rings is 2. The lowest BCUT2D eigenvalue weighted by molar-refractivity contribution is 0.482. The summed E-state index contributed by atoms with van der Waals surface area (Å²) in [5, 5.41) is 8.86. The van der Waals surface area contributed by atoms with Crippen LogP contribution >= 0.6 is 31.9 Å².